The zero-order chi connectivity index (χ0) is 14.7. The molecule has 0 aromatic carbocycles. The van der Waals surface area contributed by atoms with Gasteiger partial charge in [-0.1, -0.05) is 12.2 Å². The number of carbonyl (C=O) groups is 2. The Morgan fingerprint density at radius 1 is 1.35 bits per heavy atom. The molecule has 1 aromatic heterocycles. The van der Waals surface area contributed by atoms with Crippen LogP contribution >= 0.6 is 0 Å². The number of aromatic nitrogens is 2. The monoisotopic (exact) mass is 276 g/mol. The van der Waals surface area contributed by atoms with E-state index >= 15 is 0 Å². The number of nitrogens with zero attached hydrogens (tertiary/aromatic N) is 2. The zero-order valence-electron chi connectivity index (χ0n) is 11.0. The maximum absolute atomic E-state index is 11.4. The lowest BCUT2D eigenvalue weighted by Gasteiger charge is -2.26. The number of carbonyl (C=O) groups excluding carboxylic acids is 1. The highest BCUT2D eigenvalue weighted by Gasteiger charge is 2.27. The van der Waals surface area contributed by atoms with Crippen LogP contribution in [-0.4, -0.2) is 33.0 Å². The van der Waals surface area contributed by atoms with Gasteiger partial charge >= 0.3 is 5.97 Å². The van der Waals surface area contributed by atoms with Crippen LogP contribution in [0, 0.1) is 12.8 Å². The fourth-order valence-corrected chi connectivity index (χ4v) is 2.20. The summed E-state index contributed by atoms with van der Waals surface area (Å²) in [6.07, 6.45) is 5.04. The normalized spacial score (nSPS) is 21.4. The molecule has 0 spiro atoms. The van der Waals surface area contributed by atoms with Gasteiger partial charge in [0.25, 0.3) is 0 Å². The summed E-state index contributed by atoms with van der Waals surface area (Å²) in [6.45, 7) is 1.69. The number of aryl methyl sites for hydroxylation is 1. The standard InChI is InChI=1S/C13H16N4O3/c1-7-6-10(12(19)20)17-13(15-7)16-9-5-3-2-4-8(9)11(14)18/h2-3,6,8-9H,4-5H2,1H3,(H2,14,18)(H,19,20)(H,15,16,17)/t8-,9-/m1/s1. The van der Waals surface area contributed by atoms with Crippen LogP contribution in [0.4, 0.5) is 5.95 Å². The number of rotatable bonds is 4. The van der Waals surface area contributed by atoms with E-state index < -0.39 is 11.9 Å². The molecule has 106 valence electrons. The first-order valence-corrected chi connectivity index (χ1v) is 6.27. The van der Waals surface area contributed by atoms with E-state index in [2.05, 4.69) is 15.3 Å². The Balaban J connectivity index is 2.22. The fourth-order valence-electron chi connectivity index (χ4n) is 2.20. The molecule has 0 radical (unpaired) electrons. The quantitative estimate of drug-likeness (QED) is 0.697. The number of amides is 1. The third-order valence-corrected chi connectivity index (χ3v) is 3.19. The summed E-state index contributed by atoms with van der Waals surface area (Å²) in [5, 5.41) is 12.0. The van der Waals surface area contributed by atoms with Crippen molar-refractivity contribution in [2.45, 2.75) is 25.8 Å². The molecular formula is C13H16N4O3. The van der Waals surface area contributed by atoms with Crippen molar-refractivity contribution in [3.05, 3.63) is 29.6 Å². The maximum atomic E-state index is 11.4. The van der Waals surface area contributed by atoms with E-state index in [1.807, 2.05) is 12.2 Å². The average Bonchev–Trinajstić information content (AvgIpc) is 2.38. The first kappa shape index (κ1) is 14.0. The molecule has 0 aliphatic heterocycles. The van der Waals surface area contributed by atoms with Gasteiger partial charge < -0.3 is 16.2 Å². The van der Waals surface area contributed by atoms with Crippen molar-refractivity contribution in [2.24, 2.45) is 11.7 Å². The van der Waals surface area contributed by atoms with Gasteiger partial charge in [0.2, 0.25) is 11.9 Å². The van der Waals surface area contributed by atoms with Gasteiger partial charge in [-0.2, -0.15) is 0 Å². The molecule has 0 saturated carbocycles. The number of primary amides is 1. The lowest BCUT2D eigenvalue weighted by atomic mass is 9.88. The summed E-state index contributed by atoms with van der Waals surface area (Å²) in [6, 6.07) is 1.17. The van der Waals surface area contributed by atoms with Crippen molar-refractivity contribution in [3.63, 3.8) is 0 Å². The van der Waals surface area contributed by atoms with Gasteiger partial charge in [0.05, 0.1) is 5.92 Å². The molecular weight excluding hydrogens is 260 g/mol. The second-order valence-corrected chi connectivity index (χ2v) is 4.73. The Morgan fingerprint density at radius 2 is 2.05 bits per heavy atom. The molecule has 2 rings (SSSR count). The molecule has 0 unspecified atom stereocenters. The lowest BCUT2D eigenvalue weighted by Crippen LogP contribution is -2.39. The smallest absolute Gasteiger partial charge is 0.354 e. The minimum absolute atomic E-state index is 0.0815. The SMILES string of the molecule is Cc1cc(C(=O)O)nc(N[C@@H]2CC=CC[C@H]2C(N)=O)n1. The molecule has 0 fully saturated rings. The van der Waals surface area contributed by atoms with E-state index in [0.29, 0.717) is 18.5 Å². The molecule has 7 heteroatoms. The molecule has 1 heterocycles. The summed E-state index contributed by atoms with van der Waals surface area (Å²) in [4.78, 5) is 30.4. The highest BCUT2D eigenvalue weighted by molar-refractivity contribution is 5.85. The van der Waals surface area contributed by atoms with Crippen LogP contribution in [0.3, 0.4) is 0 Å². The molecule has 1 amide bonds. The fraction of sp³-hybridized carbons (Fsp3) is 0.385. The summed E-state index contributed by atoms with van der Waals surface area (Å²) < 4.78 is 0. The molecule has 20 heavy (non-hydrogen) atoms. The van der Waals surface area contributed by atoms with Crippen LogP contribution in [-0.2, 0) is 4.79 Å². The molecule has 1 aliphatic carbocycles. The minimum atomic E-state index is -1.12. The minimum Gasteiger partial charge on any atom is -0.477 e. The van der Waals surface area contributed by atoms with Crippen LogP contribution in [0.5, 0.6) is 0 Å². The van der Waals surface area contributed by atoms with Gasteiger partial charge in [0.1, 0.15) is 0 Å². The Hall–Kier alpha value is -2.44. The van der Waals surface area contributed by atoms with Gasteiger partial charge in [0, 0.05) is 11.7 Å². The summed E-state index contributed by atoms with van der Waals surface area (Å²) in [7, 11) is 0. The first-order chi connectivity index (χ1) is 9.47. The molecule has 4 N–H and O–H groups in total. The van der Waals surface area contributed by atoms with Crippen molar-refractivity contribution >= 4 is 17.8 Å². The third-order valence-electron chi connectivity index (χ3n) is 3.19. The number of allylic oxidation sites excluding steroid dienone is 1. The first-order valence-electron chi connectivity index (χ1n) is 6.27. The topological polar surface area (TPSA) is 118 Å². The van der Waals surface area contributed by atoms with E-state index in [0.717, 1.165) is 0 Å². The predicted octanol–water partition coefficient (Wildman–Crippen LogP) is 0.715. The number of nitrogens with two attached hydrogens (primary N) is 1. The number of carboxylic acids is 1. The maximum Gasteiger partial charge on any atom is 0.354 e. The number of aromatic carboxylic acids is 1. The van der Waals surface area contributed by atoms with E-state index in [1.165, 1.54) is 6.07 Å². The van der Waals surface area contributed by atoms with Crippen LogP contribution in [0.1, 0.15) is 29.0 Å². The number of hydrogen-bond donors (Lipinski definition) is 3. The largest absolute Gasteiger partial charge is 0.477 e. The number of anilines is 1. The Kier molecular flexibility index (Phi) is 3.97. The van der Waals surface area contributed by atoms with Crippen LogP contribution in [0.25, 0.3) is 0 Å². The highest BCUT2D eigenvalue weighted by atomic mass is 16.4. The Labute approximate surface area is 115 Å². The average molecular weight is 276 g/mol. The van der Waals surface area contributed by atoms with Crippen molar-refractivity contribution in [1.82, 2.24) is 9.97 Å². The van der Waals surface area contributed by atoms with Crippen LogP contribution < -0.4 is 11.1 Å². The van der Waals surface area contributed by atoms with Gasteiger partial charge in [-0.3, -0.25) is 4.79 Å². The van der Waals surface area contributed by atoms with Crippen molar-refractivity contribution in [3.8, 4) is 0 Å². The van der Waals surface area contributed by atoms with Gasteiger partial charge in [0.15, 0.2) is 5.69 Å². The number of carboxylic acid groups (broad SMARTS) is 1. The molecule has 1 aromatic rings. The van der Waals surface area contributed by atoms with E-state index in [-0.39, 0.29) is 23.6 Å². The molecule has 0 saturated heterocycles. The third kappa shape index (κ3) is 3.11. The van der Waals surface area contributed by atoms with Gasteiger partial charge in [-0.25, -0.2) is 14.8 Å². The van der Waals surface area contributed by atoms with E-state index in [4.69, 9.17) is 10.8 Å². The number of hydrogen-bond acceptors (Lipinski definition) is 5. The molecule has 0 bridgehead atoms. The lowest BCUT2D eigenvalue weighted by molar-refractivity contribution is -0.122. The Morgan fingerprint density at radius 3 is 2.70 bits per heavy atom. The summed E-state index contributed by atoms with van der Waals surface area (Å²) in [5.74, 6) is -1.65. The predicted molar refractivity (Wildman–Crippen MR) is 72.2 cm³/mol. The van der Waals surface area contributed by atoms with E-state index in [1.54, 1.807) is 6.92 Å². The second kappa shape index (κ2) is 5.68. The molecule has 7 nitrogen and oxygen atoms in total. The Bertz CT molecular complexity index is 571. The van der Waals surface area contributed by atoms with Crippen molar-refractivity contribution < 1.29 is 14.7 Å². The van der Waals surface area contributed by atoms with Crippen molar-refractivity contribution in [1.29, 1.82) is 0 Å². The molecule has 1 aliphatic rings. The van der Waals surface area contributed by atoms with E-state index in [9.17, 15) is 9.59 Å². The highest BCUT2D eigenvalue weighted by Crippen LogP contribution is 2.21. The van der Waals surface area contributed by atoms with Gasteiger partial charge in [-0.05, 0) is 25.8 Å². The van der Waals surface area contributed by atoms with Crippen LogP contribution in [0.2, 0.25) is 0 Å². The number of nitrogens with one attached hydrogen (secondary N) is 1. The van der Waals surface area contributed by atoms with Gasteiger partial charge in [-0.15, -0.1) is 0 Å². The molecule has 2 atom stereocenters. The summed E-state index contributed by atoms with van der Waals surface area (Å²) >= 11 is 0. The van der Waals surface area contributed by atoms with Crippen LogP contribution in [0.15, 0.2) is 18.2 Å². The van der Waals surface area contributed by atoms with Crippen molar-refractivity contribution in [2.75, 3.05) is 5.32 Å². The zero-order valence-corrected chi connectivity index (χ0v) is 11.0. The second-order valence-electron chi connectivity index (χ2n) is 4.73. The summed E-state index contributed by atoms with van der Waals surface area (Å²) in [5.41, 5.74) is 5.83.